The van der Waals surface area contributed by atoms with E-state index in [0.717, 1.165) is 22.6 Å². The minimum absolute atomic E-state index is 0.0409. The molecule has 3 nitrogen and oxygen atoms in total. The number of benzene rings is 2. The van der Waals surface area contributed by atoms with Gasteiger partial charge >= 0.3 is 0 Å². The van der Waals surface area contributed by atoms with Crippen LogP contribution in [0.4, 0.5) is 0 Å². The molecule has 4 rings (SSSR count). The monoisotopic (exact) mass is 368 g/mol. The van der Waals surface area contributed by atoms with Crippen LogP contribution in [0.2, 0.25) is 5.02 Å². The van der Waals surface area contributed by atoms with Crippen LogP contribution in [-0.4, -0.2) is 15.3 Å². The Morgan fingerprint density at radius 1 is 1.12 bits per heavy atom. The number of fused-ring (bicyclic) bond motifs is 1. The van der Waals surface area contributed by atoms with Gasteiger partial charge < -0.3 is 0 Å². The molecule has 3 aromatic rings. The molecule has 1 aromatic heterocycles. The summed E-state index contributed by atoms with van der Waals surface area (Å²) in [6, 6.07) is 13.1. The lowest BCUT2D eigenvalue weighted by Crippen LogP contribution is -1.99. The average molecular weight is 369 g/mol. The Balaban J connectivity index is 0.000000236. The molecular weight excluding hydrogens is 344 g/mol. The number of aromatic nitrogens is 2. The molecule has 0 saturated heterocycles. The van der Waals surface area contributed by atoms with Gasteiger partial charge in [0, 0.05) is 16.3 Å². The number of ketones is 1. The first kappa shape index (κ1) is 18.7. The van der Waals surface area contributed by atoms with Gasteiger partial charge in [-0.2, -0.15) is 0 Å². The van der Waals surface area contributed by atoms with E-state index in [2.05, 4.69) is 11.9 Å². The summed E-state index contributed by atoms with van der Waals surface area (Å²) in [4.78, 5) is 15.7. The van der Waals surface area contributed by atoms with Gasteiger partial charge in [0.05, 0.1) is 11.0 Å². The van der Waals surface area contributed by atoms with Crippen LogP contribution >= 0.6 is 11.6 Å². The molecule has 0 unspecified atom stereocenters. The van der Waals surface area contributed by atoms with Crippen molar-refractivity contribution in [3.8, 4) is 5.69 Å². The van der Waals surface area contributed by atoms with Crippen LogP contribution in [0.5, 0.6) is 0 Å². The third kappa shape index (κ3) is 4.53. The summed E-state index contributed by atoms with van der Waals surface area (Å²) in [5.74, 6) is 1.08. The summed E-state index contributed by atoms with van der Waals surface area (Å²) in [5.41, 5.74) is 3.37. The number of hydrogen-bond acceptors (Lipinski definition) is 2. The van der Waals surface area contributed by atoms with Gasteiger partial charge in [0.1, 0.15) is 6.33 Å². The lowest BCUT2D eigenvalue weighted by Gasteiger charge is -2.15. The van der Waals surface area contributed by atoms with Crippen LogP contribution < -0.4 is 0 Å². The van der Waals surface area contributed by atoms with Gasteiger partial charge in [-0.1, -0.05) is 56.7 Å². The van der Waals surface area contributed by atoms with E-state index in [9.17, 15) is 4.79 Å². The highest BCUT2D eigenvalue weighted by atomic mass is 35.5. The molecule has 4 heteroatoms. The number of halogens is 1. The van der Waals surface area contributed by atoms with Crippen LogP contribution in [0.25, 0.3) is 16.7 Å². The molecule has 26 heavy (non-hydrogen) atoms. The molecule has 1 aliphatic rings. The summed E-state index contributed by atoms with van der Waals surface area (Å²) >= 11 is 6.00. The van der Waals surface area contributed by atoms with E-state index in [-0.39, 0.29) is 5.78 Å². The molecule has 0 N–H and O–H groups in total. The fourth-order valence-corrected chi connectivity index (χ4v) is 3.55. The van der Waals surface area contributed by atoms with Crippen LogP contribution in [0.3, 0.4) is 0 Å². The van der Waals surface area contributed by atoms with Crippen LogP contribution in [0.15, 0.2) is 48.8 Å². The molecule has 0 spiro atoms. The zero-order valence-electron chi connectivity index (χ0n) is 15.4. The van der Waals surface area contributed by atoms with Crippen LogP contribution in [-0.2, 0) is 0 Å². The molecule has 1 heterocycles. The van der Waals surface area contributed by atoms with Crippen LogP contribution in [0, 0.1) is 5.92 Å². The highest BCUT2D eigenvalue weighted by molar-refractivity contribution is 6.30. The van der Waals surface area contributed by atoms with E-state index >= 15 is 0 Å². The Morgan fingerprint density at radius 3 is 2.50 bits per heavy atom. The van der Waals surface area contributed by atoms with Crippen molar-refractivity contribution in [1.82, 2.24) is 9.55 Å². The van der Waals surface area contributed by atoms with Gasteiger partial charge in [-0.05, 0) is 49.2 Å². The Hall–Kier alpha value is -2.13. The molecule has 2 aromatic carbocycles. The first-order chi connectivity index (χ1) is 12.5. The molecule has 1 aliphatic carbocycles. The maximum Gasteiger partial charge on any atom is 0.159 e. The zero-order chi connectivity index (χ0) is 18.5. The lowest BCUT2D eigenvalue weighted by atomic mass is 9.91. The summed E-state index contributed by atoms with van der Waals surface area (Å²) < 4.78 is 1.95. The standard InChI is InChI=1S/C15H11ClN2O.C7H14/c1-10(19)11-5-6-15-14(7-11)17-9-18(15)13-4-2-3-12(16)8-13;1-7-5-3-2-4-6-7/h2-9H,1H3;7H,2-6H2,1H3. The lowest BCUT2D eigenvalue weighted by molar-refractivity contribution is 0.101. The fourth-order valence-electron chi connectivity index (χ4n) is 3.37. The summed E-state index contributed by atoms with van der Waals surface area (Å²) in [7, 11) is 0. The molecule has 0 radical (unpaired) electrons. The molecule has 0 bridgehead atoms. The van der Waals surface area contributed by atoms with E-state index < -0.39 is 0 Å². The van der Waals surface area contributed by atoms with Crippen molar-refractivity contribution >= 4 is 28.4 Å². The number of hydrogen-bond donors (Lipinski definition) is 0. The maximum absolute atomic E-state index is 11.4. The highest BCUT2D eigenvalue weighted by Crippen LogP contribution is 2.22. The Labute approximate surface area is 160 Å². The van der Waals surface area contributed by atoms with Gasteiger partial charge in [-0.3, -0.25) is 9.36 Å². The van der Waals surface area contributed by atoms with E-state index in [4.69, 9.17) is 11.6 Å². The smallest absolute Gasteiger partial charge is 0.159 e. The molecule has 1 saturated carbocycles. The fraction of sp³-hybridized carbons (Fsp3) is 0.364. The predicted molar refractivity (Wildman–Crippen MR) is 108 cm³/mol. The summed E-state index contributed by atoms with van der Waals surface area (Å²) in [6.45, 7) is 3.91. The molecule has 0 aliphatic heterocycles. The minimum Gasteiger partial charge on any atom is -0.299 e. The van der Waals surface area contributed by atoms with Gasteiger partial charge in [0.2, 0.25) is 0 Å². The Bertz CT molecular complexity index is 894. The number of carbonyl (C=O) groups excluding carboxylic acids is 1. The normalized spacial score (nSPS) is 14.7. The first-order valence-corrected chi connectivity index (χ1v) is 9.66. The molecule has 0 amide bonds. The van der Waals surface area contributed by atoms with E-state index in [1.165, 1.54) is 32.1 Å². The molecule has 1 fully saturated rings. The highest BCUT2D eigenvalue weighted by Gasteiger charge is 2.08. The second kappa shape index (κ2) is 8.50. The third-order valence-electron chi connectivity index (χ3n) is 4.93. The maximum atomic E-state index is 11.4. The molecular formula is C22H25ClN2O. The summed E-state index contributed by atoms with van der Waals surface area (Å²) in [5, 5.41) is 0.680. The number of nitrogens with zero attached hydrogens (tertiary/aromatic N) is 2. The van der Waals surface area contributed by atoms with Gasteiger partial charge in [0.25, 0.3) is 0 Å². The number of rotatable bonds is 2. The quantitative estimate of drug-likeness (QED) is 0.486. The van der Waals surface area contributed by atoms with Gasteiger partial charge in [-0.15, -0.1) is 0 Å². The number of Topliss-reactive ketones (excluding diaryl/α,β-unsaturated/α-hetero) is 1. The third-order valence-corrected chi connectivity index (χ3v) is 5.17. The summed E-state index contributed by atoms with van der Waals surface area (Å²) in [6.07, 6.45) is 9.17. The second-order valence-corrected chi connectivity index (χ2v) is 7.53. The van der Waals surface area contributed by atoms with Crippen molar-refractivity contribution in [1.29, 1.82) is 0 Å². The van der Waals surface area contributed by atoms with E-state index in [1.807, 2.05) is 41.0 Å². The predicted octanol–water partition coefficient (Wildman–Crippen LogP) is 6.47. The SMILES string of the molecule is CC(=O)c1ccc2c(c1)ncn2-c1cccc(Cl)c1.CC1CCCCC1. The second-order valence-electron chi connectivity index (χ2n) is 7.10. The zero-order valence-corrected chi connectivity index (χ0v) is 16.2. The van der Waals surface area contributed by atoms with Crippen molar-refractivity contribution in [2.45, 2.75) is 46.0 Å². The van der Waals surface area contributed by atoms with E-state index in [0.29, 0.717) is 10.6 Å². The van der Waals surface area contributed by atoms with Crippen molar-refractivity contribution in [2.75, 3.05) is 0 Å². The van der Waals surface area contributed by atoms with Crippen LogP contribution in [0.1, 0.15) is 56.3 Å². The van der Waals surface area contributed by atoms with Crippen molar-refractivity contribution in [3.05, 3.63) is 59.4 Å². The Morgan fingerprint density at radius 2 is 1.88 bits per heavy atom. The number of carbonyl (C=O) groups is 1. The largest absolute Gasteiger partial charge is 0.299 e. The Kier molecular flexibility index (Phi) is 6.10. The minimum atomic E-state index is 0.0409. The van der Waals surface area contributed by atoms with Crippen molar-refractivity contribution in [2.24, 2.45) is 5.92 Å². The van der Waals surface area contributed by atoms with Gasteiger partial charge in [-0.25, -0.2) is 4.98 Å². The average Bonchev–Trinajstić information content (AvgIpc) is 3.06. The number of imidazole rings is 1. The van der Waals surface area contributed by atoms with E-state index in [1.54, 1.807) is 19.3 Å². The molecule has 136 valence electrons. The first-order valence-electron chi connectivity index (χ1n) is 9.28. The topological polar surface area (TPSA) is 34.9 Å². The van der Waals surface area contributed by atoms with Crippen molar-refractivity contribution < 1.29 is 4.79 Å². The van der Waals surface area contributed by atoms with Crippen molar-refractivity contribution in [3.63, 3.8) is 0 Å². The van der Waals surface area contributed by atoms with Gasteiger partial charge in [0.15, 0.2) is 5.78 Å². The molecule has 0 atom stereocenters.